The summed E-state index contributed by atoms with van der Waals surface area (Å²) in [5.41, 5.74) is 1.27. The van der Waals surface area contributed by atoms with E-state index in [4.69, 9.17) is 9.88 Å². The maximum atomic E-state index is 12.0. The highest BCUT2D eigenvalue weighted by Crippen LogP contribution is 2.20. The van der Waals surface area contributed by atoms with Crippen LogP contribution in [0.5, 0.6) is 5.75 Å². The molecular formula is C18H20N2O4S. The molecule has 7 heteroatoms. The molecule has 0 unspecified atom stereocenters. The van der Waals surface area contributed by atoms with E-state index in [0.29, 0.717) is 18.0 Å². The Bertz CT molecular complexity index is 859. The summed E-state index contributed by atoms with van der Waals surface area (Å²) in [6.07, 6.45) is 3.95. The van der Waals surface area contributed by atoms with E-state index in [2.05, 4.69) is 5.32 Å². The van der Waals surface area contributed by atoms with E-state index in [-0.39, 0.29) is 10.8 Å². The number of primary sulfonamides is 1. The molecule has 2 aromatic rings. The molecule has 0 bridgehead atoms. The van der Waals surface area contributed by atoms with Crippen molar-refractivity contribution in [2.75, 3.05) is 11.9 Å². The minimum absolute atomic E-state index is 0.0111. The second kappa shape index (κ2) is 8.46. The highest BCUT2D eigenvalue weighted by atomic mass is 32.2. The van der Waals surface area contributed by atoms with Crippen molar-refractivity contribution < 1.29 is 17.9 Å². The fourth-order valence-electron chi connectivity index (χ4n) is 2.04. The highest BCUT2D eigenvalue weighted by Gasteiger charge is 2.07. The Morgan fingerprint density at radius 1 is 1.16 bits per heavy atom. The SMILES string of the molecule is CCCOc1ccccc1/C=C/C(=O)Nc1ccc(S(N)(=O)=O)cc1. The van der Waals surface area contributed by atoms with Crippen LogP contribution in [-0.4, -0.2) is 20.9 Å². The summed E-state index contributed by atoms with van der Waals surface area (Å²) in [6, 6.07) is 13.1. The van der Waals surface area contributed by atoms with Crippen molar-refractivity contribution >= 4 is 27.7 Å². The number of sulfonamides is 1. The van der Waals surface area contributed by atoms with E-state index in [0.717, 1.165) is 12.0 Å². The van der Waals surface area contributed by atoms with Crippen LogP contribution >= 0.6 is 0 Å². The van der Waals surface area contributed by atoms with E-state index in [1.807, 2.05) is 31.2 Å². The molecule has 0 aliphatic carbocycles. The third-order valence-electron chi connectivity index (χ3n) is 3.25. The number of carbonyl (C=O) groups excluding carboxylic acids is 1. The van der Waals surface area contributed by atoms with Gasteiger partial charge in [-0.3, -0.25) is 4.79 Å². The van der Waals surface area contributed by atoms with Crippen LogP contribution in [0.4, 0.5) is 5.69 Å². The molecule has 0 radical (unpaired) electrons. The number of carbonyl (C=O) groups is 1. The molecule has 1 amide bonds. The average Bonchev–Trinajstić information content (AvgIpc) is 2.58. The number of rotatable bonds is 7. The van der Waals surface area contributed by atoms with Gasteiger partial charge >= 0.3 is 0 Å². The van der Waals surface area contributed by atoms with Gasteiger partial charge in [-0.2, -0.15) is 0 Å². The van der Waals surface area contributed by atoms with Gasteiger partial charge in [0.05, 0.1) is 11.5 Å². The lowest BCUT2D eigenvalue weighted by Gasteiger charge is -2.07. The van der Waals surface area contributed by atoms with Crippen LogP contribution < -0.4 is 15.2 Å². The summed E-state index contributed by atoms with van der Waals surface area (Å²) in [5.74, 6) is 0.375. The third kappa shape index (κ3) is 5.74. The standard InChI is InChI=1S/C18H20N2O4S/c1-2-13-24-17-6-4-3-5-14(17)7-12-18(21)20-15-8-10-16(11-9-15)25(19,22)23/h3-12H,2,13H2,1H3,(H,20,21)(H2,19,22,23)/b12-7+. The molecule has 3 N–H and O–H groups in total. The molecule has 0 aliphatic rings. The summed E-state index contributed by atoms with van der Waals surface area (Å²) < 4.78 is 28.0. The number of amides is 1. The molecular weight excluding hydrogens is 340 g/mol. The minimum Gasteiger partial charge on any atom is -0.493 e. The number of anilines is 1. The predicted molar refractivity (Wildman–Crippen MR) is 97.7 cm³/mol. The van der Waals surface area contributed by atoms with Crippen molar-refractivity contribution in [3.05, 3.63) is 60.2 Å². The molecule has 0 saturated carbocycles. The number of nitrogens with one attached hydrogen (secondary N) is 1. The van der Waals surface area contributed by atoms with Gasteiger partial charge in [-0.15, -0.1) is 0 Å². The molecule has 25 heavy (non-hydrogen) atoms. The number of hydrogen-bond acceptors (Lipinski definition) is 4. The average molecular weight is 360 g/mol. The third-order valence-corrected chi connectivity index (χ3v) is 4.17. The van der Waals surface area contributed by atoms with Crippen LogP contribution in [0.1, 0.15) is 18.9 Å². The van der Waals surface area contributed by atoms with E-state index in [1.165, 1.54) is 30.3 Å². The number of benzene rings is 2. The molecule has 2 rings (SSSR count). The first-order valence-electron chi connectivity index (χ1n) is 7.74. The monoisotopic (exact) mass is 360 g/mol. The largest absolute Gasteiger partial charge is 0.493 e. The second-order valence-electron chi connectivity index (χ2n) is 5.28. The van der Waals surface area contributed by atoms with Gasteiger partial charge < -0.3 is 10.1 Å². The summed E-state index contributed by atoms with van der Waals surface area (Å²) in [4.78, 5) is 12.0. The highest BCUT2D eigenvalue weighted by molar-refractivity contribution is 7.89. The lowest BCUT2D eigenvalue weighted by atomic mass is 10.2. The summed E-state index contributed by atoms with van der Waals surface area (Å²) in [6.45, 7) is 2.63. The smallest absolute Gasteiger partial charge is 0.248 e. The van der Waals surface area contributed by atoms with Gasteiger partial charge in [0.15, 0.2) is 0 Å². The fraction of sp³-hybridized carbons (Fsp3) is 0.167. The number of hydrogen-bond donors (Lipinski definition) is 2. The van der Waals surface area contributed by atoms with Gasteiger partial charge in [-0.25, -0.2) is 13.6 Å². The molecule has 0 aromatic heterocycles. The lowest BCUT2D eigenvalue weighted by molar-refractivity contribution is -0.111. The maximum Gasteiger partial charge on any atom is 0.248 e. The molecule has 0 atom stereocenters. The predicted octanol–water partition coefficient (Wildman–Crippen LogP) is 2.77. The van der Waals surface area contributed by atoms with E-state index in [9.17, 15) is 13.2 Å². The quantitative estimate of drug-likeness (QED) is 0.742. The number of nitrogens with two attached hydrogens (primary N) is 1. The molecule has 2 aromatic carbocycles. The Hall–Kier alpha value is -2.64. The van der Waals surface area contributed by atoms with Crippen molar-refractivity contribution in [2.24, 2.45) is 5.14 Å². The van der Waals surface area contributed by atoms with Crippen LogP contribution in [0, 0.1) is 0 Å². The van der Waals surface area contributed by atoms with E-state index >= 15 is 0 Å². The van der Waals surface area contributed by atoms with Crippen molar-refractivity contribution in [3.63, 3.8) is 0 Å². The Kier molecular flexibility index (Phi) is 6.32. The molecule has 0 heterocycles. The van der Waals surface area contributed by atoms with Crippen molar-refractivity contribution in [1.29, 1.82) is 0 Å². The van der Waals surface area contributed by atoms with Crippen LogP contribution in [0.15, 0.2) is 59.5 Å². The molecule has 0 aliphatic heterocycles. The Morgan fingerprint density at radius 3 is 2.48 bits per heavy atom. The summed E-state index contributed by atoms with van der Waals surface area (Å²) in [7, 11) is -3.75. The van der Waals surface area contributed by atoms with Gasteiger partial charge in [-0.1, -0.05) is 25.1 Å². The number of para-hydroxylation sites is 1. The maximum absolute atomic E-state index is 12.0. The first-order valence-corrected chi connectivity index (χ1v) is 9.28. The van der Waals surface area contributed by atoms with Gasteiger partial charge in [0.1, 0.15) is 5.75 Å². The van der Waals surface area contributed by atoms with E-state index in [1.54, 1.807) is 6.08 Å². The molecule has 0 saturated heterocycles. The van der Waals surface area contributed by atoms with Gasteiger partial charge in [0, 0.05) is 17.3 Å². The molecule has 0 spiro atoms. The van der Waals surface area contributed by atoms with Gasteiger partial charge in [0.25, 0.3) is 0 Å². The first kappa shape index (κ1) is 18.7. The topological polar surface area (TPSA) is 98.5 Å². The zero-order valence-corrected chi connectivity index (χ0v) is 14.6. The van der Waals surface area contributed by atoms with Crippen LogP contribution in [0.25, 0.3) is 6.08 Å². The van der Waals surface area contributed by atoms with Crippen molar-refractivity contribution in [1.82, 2.24) is 0 Å². The van der Waals surface area contributed by atoms with Crippen molar-refractivity contribution in [2.45, 2.75) is 18.2 Å². The molecule has 132 valence electrons. The number of ether oxygens (including phenoxy) is 1. The fourth-order valence-corrected chi connectivity index (χ4v) is 2.55. The summed E-state index contributed by atoms with van der Waals surface area (Å²) in [5, 5.41) is 7.68. The van der Waals surface area contributed by atoms with Crippen LogP contribution in [0.2, 0.25) is 0 Å². The first-order chi connectivity index (χ1) is 11.9. The zero-order valence-electron chi connectivity index (χ0n) is 13.8. The Labute approximate surface area is 147 Å². The molecule has 0 fully saturated rings. The molecule has 6 nitrogen and oxygen atoms in total. The van der Waals surface area contributed by atoms with Crippen LogP contribution in [-0.2, 0) is 14.8 Å². The zero-order chi connectivity index (χ0) is 18.3. The van der Waals surface area contributed by atoms with Gasteiger partial charge in [0.2, 0.25) is 15.9 Å². The minimum atomic E-state index is -3.75. The normalized spacial score (nSPS) is 11.4. The van der Waals surface area contributed by atoms with E-state index < -0.39 is 10.0 Å². The Balaban J connectivity index is 2.04. The van der Waals surface area contributed by atoms with Gasteiger partial charge in [-0.05, 0) is 42.8 Å². The lowest BCUT2D eigenvalue weighted by Crippen LogP contribution is -2.12. The van der Waals surface area contributed by atoms with Crippen molar-refractivity contribution in [3.8, 4) is 5.75 Å². The second-order valence-corrected chi connectivity index (χ2v) is 6.84. The Morgan fingerprint density at radius 2 is 1.84 bits per heavy atom. The summed E-state index contributed by atoms with van der Waals surface area (Å²) >= 11 is 0. The van der Waals surface area contributed by atoms with Crippen LogP contribution in [0.3, 0.4) is 0 Å².